The molecule has 0 aromatic heterocycles. The van der Waals surface area contributed by atoms with Crippen molar-refractivity contribution in [2.45, 2.75) is 30.6 Å². The van der Waals surface area contributed by atoms with Crippen LogP contribution in [0.1, 0.15) is 24.8 Å². The first kappa shape index (κ1) is 13.5. The number of carbonyl (C=O) groups is 1. The van der Waals surface area contributed by atoms with Gasteiger partial charge in [-0.3, -0.25) is 4.79 Å². The molecular formula is C13H17N3O3S. The van der Waals surface area contributed by atoms with Gasteiger partial charge in [0.15, 0.2) is 0 Å². The molecule has 6 nitrogen and oxygen atoms in total. The number of nitrogens with one attached hydrogen (secondary N) is 2. The number of nitrogens with zero attached hydrogens (tertiary/aromatic N) is 1. The van der Waals surface area contributed by atoms with E-state index in [1.54, 1.807) is 17.1 Å². The minimum atomic E-state index is -3.56. The van der Waals surface area contributed by atoms with Gasteiger partial charge in [0.25, 0.3) is 10.0 Å². The third-order valence-electron chi connectivity index (χ3n) is 3.62. The Morgan fingerprint density at radius 1 is 1.15 bits per heavy atom. The highest BCUT2D eigenvalue weighted by atomic mass is 32.2. The molecule has 1 aromatic carbocycles. The van der Waals surface area contributed by atoms with E-state index in [0.29, 0.717) is 5.69 Å². The van der Waals surface area contributed by atoms with Crippen LogP contribution >= 0.6 is 0 Å². The molecule has 0 bridgehead atoms. The minimum absolute atomic E-state index is 0.0986. The number of hydrazine groups is 1. The van der Waals surface area contributed by atoms with E-state index >= 15 is 0 Å². The topological polar surface area (TPSA) is 78.5 Å². The zero-order chi connectivity index (χ0) is 14.2. The number of carbonyl (C=O) groups excluding carboxylic acids is 1. The molecule has 1 amide bonds. The molecule has 3 rings (SSSR count). The van der Waals surface area contributed by atoms with Crippen molar-refractivity contribution in [1.29, 1.82) is 0 Å². The number of rotatable bonds is 3. The summed E-state index contributed by atoms with van der Waals surface area (Å²) in [7, 11) is -3.56. The fourth-order valence-corrected chi connectivity index (χ4v) is 3.75. The predicted octanol–water partition coefficient (Wildman–Crippen LogP) is 0.860. The Morgan fingerprint density at radius 2 is 1.90 bits per heavy atom. The van der Waals surface area contributed by atoms with E-state index < -0.39 is 10.0 Å². The molecular weight excluding hydrogens is 278 g/mol. The SMILES string of the molecule is O=C1Cc2cc(S(=O)(=O)NN3CCCCC3)ccc2N1. The smallest absolute Gasteiger partial charge is 0.253 e. The Kier molecular flexibility index (Phi) is 3.49. The van der Waals surface area contributed by atoms with Gasteiger partial charge in [-0.15, -0.1) is 4.83 Å². The Labute approximate surface area is 118 Å². The maximum Gasteiger partial charge on any atom is 0.253 e. The molecule has 0 radical (unpaired) electrons. The normalized spacial score (nSPS) is 19.7. The Hall–Kier alpha value is -1.44. The molecule has 1 fully saturated rings. The lowest BCUT2D eigenvalue weighted by Crippen LogP contribution is -2.44. The number of piperidine rings is 1. The summed E-state index contributed by atoms with van der Waals surface area (Å²) in [5, 5.41) is 4.44. The number of fused-ring (bicyclic) bond motifs is 1. The van der Waals surface area contributed by atoms with Gasteiger partial charge in [0.1, 0.15) is 0 Å². The second-order valence-electron chi connectivity index (χ2n) is 5.19. The molecule has 1 saturated heterocycles. The first-order valence-electron chi connectivity index (χ1n) is 6.75. The van der Waals surface area contributed by atoms with Gasteiger partial charge in [-0.25, -0.2) is 13.4 Å². The summed E-state index contributed by atoms with van der Waals surface area (Å²) in [5.74, 6) is -0.0986. The van der Waals surface area contributed by atoms with Crippen molar-refractivity contribution in [2.24, 2.45) is 0 Å². The number of sulfonamides is 1. The number of hydrogen-bond acceptors (Lipinski definition) is 4. The fourth-order valence-electron chi connectivity index (χ4n) is 2.58. The summed E-state index contributed by atoms with van der Waals surface area (Å²) in [4.78, 5) is 14.1. The van der Waals surface area contributed by atoms with Crippen molar-refractivity contribution in [3.05, 3.63) is 23.8 Å². The molecule has 7 heteroatoms. The highest BCUT2D eigenvalue weighted by molar-refractivity contribution is 7.89. The lowest BCUT2D eigenvalue weighted by molar-refractivity contribution is -0.115. The maximum atomic E-state index is 12.3. The van der Waals surface area contributed by atoms with Crippen LogP contribution in [0.2, 0.25) is 0 Å². The van der Waals surface area contributed by atoms with Crippen molar-refractivity contribution >= 4 is 21.6 Å². The van der Waals surface area contributed by atoms with E-state index in [1.807, 2.05) is 0 Å². The molecule has 1 aromatic rings. The van der Waals surface area contributed by atoms with Crippen molar-refractivity contribution in [2.75, 3.05) is 18.4 Å². The van der Waals surface area contributed by atoms with Crippen LogP contribution in [0.4, 0.5) is 5.69 Å². The van der Waals surface area contributed by atoms with Crippen LogP contribution in [-0.2, 0) is 21.2 Å². The second-order valence-corrected chi connectivity index (χ2v) is 6.85. The van der Waals surface area contributed by atoms with E-state index in [9.17, 15) is 13.2 Å². The van der Waals surface area contributed by atoms with Crippen LogP contribution < -0.4 is 10.1 Å². The third-order valence-corrected chi connectivity index (χ3v) is 4.99. The van der Waals surface area contributed by atoms with Crippen molar-refractivity contribution in [3.63, 3.8) is 0 Å². The quantitative estimate of drug-likeness (QED) is 0.867. The molecule has 0 saturated carbocycles. The van der Waals surface area contributed by atoms with Gasteiger partial charge >= 0.3 is 0 Å². The molecule has 0 aliphatic carbocycles. The van der Waals surface area contributed by atoms with Crippen LogP contribution in [0.5, 0.6) is 0 Å². The first-order chi connectivity index (χ1) is 9.54. The molecule has 20 heavy (non-hydrogen) atoms. The minimum Gasteiger partial charge on any atom is -0.326 e. The van der Waals surface area contributed by atoms with Crippen molar-refractivity contribution in [3.8, 4) is 0 Å². The summed E-state index contributed by atoms with van der Waals surface area (Å²) in [5.41, 5.74) is 1.43. The Morgan fingerprint density at radius 3 is 2.65 bits per heavy atom. The molecule has 0 spiro atoms. The molecule has 0 atom stereocenters. The van der Waals surface area contributed by atoms with Crippen LogP contribution in [0, 0.1) is 0 Å². The lowest BCUT2D eigenvalue weighted by Gasteiger charge is -2.26. The molecule has 2 heterocycles. The van der Waals surface area contributed by atoms with E-state index in [-0.39, 0.29) is 17.2 Å². The van der Waals surface area contributed by atoms with Gasteiger partial charge in [-0.05, 0) is 36.6 Å². The van der Waals surface area contributed by atoms with Crippen LogP contribution in [0.15, 0.2) is 23.1 Å². The third kappa shape index (κ3) is 2.70. The van der Waals surface area contributed by atoms with Crippen LogP contribution in [0.25, 0.3) is 0 Å². The number of amides is 1. The lowest BCUT2D eigenvalue weighted by atomic mass is 10.2. The summed E-state index contributed by atoms with van der Waals surface area (Å²) < 4.78 is 24.6. The number of hydrogen-bond donors (Lipinski definition) is 2. The molecule has 108 valence electrons. The van der Waals surface area contributed by atoms with E-state index in [4.69, 9.17) is 0 Å². The summed E-state index contributed by atoms with van der Waals surface area (Å²) in [6, 6.07) is 4.74. The monoisotopic (exact) mass is 295 g/mol. The van der Waals surface area contributed by atoms with E-state index in [1.165, 1.54) is 6.07 Å². The average Bonchev–Trinajstić information content (AvgIpc) is 2.78. The van der Waals surface area contributed by atoms with Gasteiger partial charge in [-0.2, -0.15) is 0 Å². The van der Waals surface area contributed by atoms with E-state index in [2.05, 4.69) is 10.1 Å². The van der Waals surface area contributed by atoms with Gasteiger partial charge in [-0.1, -0.05) is 6.42 Å². The highest BCUT2D eigenvalue weighted by Gasteiger charge is 2.23. The van der Waals surface area contributed by atoms with Crippen LogP contribution in [-0.4, -0.2) is 32.4 Å². The molecule has 2 N–H and O–H groups in total. The van der Waals surface area contributed by atoms with E-state index in [0.717, 1.165) is 37.9 Å². The summed E-state index contributed by atoms with van der Waals surface area (Å²) in [6.07, 6.45) is 3.39. The van der Waals surface area contributed by atoms with Gasteiger partial charge < -0.3 is 5.32 Å². The zero-order valence-corrected chi connectivity index (χ0v) is 11.9. The number of benzene rings is 1. The summed E-state index contributed by atoms with van der Waals surface area (Å²) in [6.45, 7) is 1.48. The molecule has 2 aliphatic heterocycles. The predicted molar refractivity (Wildman–Crippen MR) is 74.5 cm³/mol. The first-order valence-corrected chi connectivity index (χ1v) is 8.23. The molecule has 0 unspecified atom stereocenters. The summed E-state index contributed by atoms with van der Waals surface area (Å²) >= 11 is 0. The largest absolute Gasteiger partial charge is 0.326 e. The average molecular weight is 295 g/mol. The molecule has 2 aliphatic rings. The van der Waals surface area contributed by atoms with Crippen LogP contribution in [0.3, 0.4) is 0 Å². The Balaban J connectivity index is 1.81. The fraction of sp³-hybridized carbons (Fsp3) is 0.462. The maximum absolute atomic E-state index is 12.3. The zero-order valence-electron chi connectivity index (χ0n) is 11.1. The Bertz CT molecular complexity index is 636. The van der Waals surface area contributed by atoms with Gasteiger partial charge in [0.05, 0.1) is 11.3 Å². The van der Waals surface area contributed by atoms with Crippen molar-refractivity contribution < 1.29 is 13.2 Å². The number of anilines is 1. The van der Waals surface area contributed by atoms with Gasteiger partial charge in [0, 0.05) is 18.8 Å². The highest BCUT2D eigenvalue weighted by Crippen LogP contribution is 2.25. The standard InChI is InChI=1S/C13H17N3O3S/c17-13-9-10-8-11(4-5-12(10)14-13)20(18,19)15-16-6-2-1-3-7-16/h4-5,8,15H,1-3,6-7,9H2,(H,14,17). The van der Waals surface area contributed by atoms with Gasteiger partial charge in [0.2, 0.25) is 5.91 Å². The van der Waals surface area contributed by atoms with Crippen molar-refractivity contribution in [1.82, 2.24) is 9.84 Å². The second kappa shape index (κ2) is 5.16.